The van der Waals surface area contributed by atoms with Crippen LogP contribution in [0.2, 0.25) is 0 Å². The Morgan fingerprint density at radius 3 is 2.42 bits per heavy atom. The van der Waals surface area contributed by atoms with Crippen LogP contribution >= 0.6 is 0 Å². The first-order valence-corrected chi connectivity index (χ1v) is 4.54. The van der Waals surface area contributed by atoms with E-state index < -0.39 is 5.60 Å². The molecule has 0 aromatic heterocycles. The molecule has 0 bridgehead atoms. The molecule has 0 aromatic rings. The van der Waals surface area contributed by atoms with Crippen molar-refractivity contribution < 1.29 is 5.11 Å². The maximum atomic E-state index is 9.35. The van der Waals surface area contributed by atoms with Gasteiger partial charge < -0.3 is 5.11 Å². The molecule has 0 unspecified atom stereocenters. The standard InChI is InChI=1S/C11H20O/c1-4-5-6-7-8-9-10-11(2,3)12/h4,8-9,12H,1,5-7,10H2,2-3H3/b9-8-. The third kappa shape index (κ3) is 9.44. The number of aliphatic hydroxyl groups is 1. The monoisotopic (exact) mass is 168 g/mol. The van der Waals surface area contributed by atoms with E-state index in [-0.39, 0.29) is 0 Å². The lowest BCUT2D eigenvalue weighted by molar-refractivity contribution is 0.0838. The minimum Gasteiger partial charge on any atom is -0.390 e. The molecule has 70 valence electrons. The molecule has 0 fully saturated rings. The Morgan fingerprint density at radius 2 is 1.92 bits per heavy atom. The second kappa shape index (κ2) is 6.01. The van der Waals surface area contributed by atoms with Gasteiger partial charge in [0.05, 0.1) is 5.60 Å². The summed E-state index contributed by atoms with van der Waals surface area (Å²) < 4.78 is 0. The molecule has 0 atom stereocenters. The molecule has 0 radical (unpaired) electrons. The number of hydrogen-bond acceptors (Lipinski definition) is 1. The second-order valence-electron chi connectivity index (χ2n) is 3.71. The average molecular weight is 168 g/mol. The quantitative estimate of drug-likeness (QED) is 0.477. The Bertz CT molecular complexity index is 140. The second-order valence-corrected chi connectivity index (χ2v) is 3.71. The lowest BCUT2D eigenvalue weighted by Crippen LogP contribution is -2.16. The normalized spacial score (nSPS) is 12.2. The van der Waals surface area contributed by atoms with Crippen LogP contribution in [0.3, 0.4) is 0 Å². The largest absolute Gasteiger partial charge is 0.390 e. The van der Waals surface area contributed by atoms with Crippen LogP contribution in [0, 0.1) is 0 Å². The van der Waals surface area contributed by atoms with E-state index in [1.165, 1.54) is 0 Å². The molecule has 0 aliphatic carbocycles. The van der Waals surface area contributed by atoms with Crippen LogP contribution in [0.5, 0.6) is 0 Å². The van der Waals surface area contributed by atoms with Crippen molar-refractivity contribution in [2.24, 2.45) is 0 Å². The zero-order chi connectivity index (χ0) is 9.45. The fourth-order valence-corrected chi connectivity index (χ4v) is 0.870. The van der Waals surface area contributed by atoms with E-state index in [0.717, 1.165) is 25.7 Å². The van der Waals surface area contributed by atoms with E-state index in [4.69, 9.17) is 0 Å². The highest BCUT2D eigenvalue weighted by atomic mass is 16.3. The highest BCUT2D eigenvalue weighted by Gasteiger charge is 2.08. The SMILES string of the molecule is C=CCCC/C=C\CC(C)(C)O. The topological polar surface area (TPSA) is 20.2 Å². The Balaban J connectivity index is 3.31. The van der Waals surface area contributed by atoms with Gasteiger partial charge in [0.1, 0.15) is 0 Å². The first kappa shape index (κ1) is 11.4. The molecule has 0 spiro atoms. The third-order valence-corrected chi connectivity index (χ3v) is 1.56. The van der Waals surface area contributed by atoms with Gasteiger partial charge >= 0.3 is 0 Å². The molecule has 0 aromatic carbocycles. The maximum Gasteiger partial charge on any atom is 0.0626 e. The van der Waals surface area contributed by atoms with Crippen molar-refractivity contribution >= 4 is 0 Å². The van der Waals surface area contributed by atoms with Gasteiger partial charge in [-0.2, -0.15) is 0 Å². The van der Waals surface area contributed by atoms with Crippen LogP contribution in [-0.2, 0) is 0 Å². The molecule has 0 aliphatic heterocycles. The van der Waals surface area contributed by atoms with Crippen LogP contribution in [0.25, 0.3) is 0 Å². The van der Waals surface area contributed by atoms with Crippen molar-refractivity contribution in [3.8, 4) is 0 Å². The number of rotatable bonds is 6. The summed E-state index contributed by atoms with van der Waals surface area (Å²) in [5.41, 5.74) is -0.561. The van der Waals surface area contributed by atoms with Gasteiger partial charge in [-0.05, 0) is 39.5 Å². The van der Waals surface area contributed by atoms with E-state index in [2.05, 4.69) is 12.7 Å². The summed E-state index contributed by atoms with van der Waals surface area (Å²) in [5.74, 6) is 0. The summed E-state index contributed by atoms with van der Waals surface area (Å²) in [5, 5.41) is 9.35. The highest BCUT2D eigenvalue weighted by Crippen LogP contribution is 2.08. The number of unbranched alkanes of at least 4 members (excludes halogenated alkanes) is 2. The smallest absolute Gasteiger partial charge is 0.0626 e. The lowest BCUT2D eigenvalue weighted by Gasteiger charge is -2.13. The van der Waals surface area contributed by atoms with E-state index in [1.807, 2.05) is 26.0 Å². The molecule has 0 aliphatic rings. The molecule has 1 heteroatoms. The summed E-state index contributed by atoms with van der Waals surface area (Å²) >= 11 is 0. The number of allylic oxidation sites excluding steroid dienone is 2. The highest BCUT2D eigenvalue weighted by molar-refractivity contribution is 4.87. The predicted octanol–water partition coefficient (Wildman–Crippen LogP) is 3.06. The summed E-state index contributed by atoms with van der Waals surface area (Å²) in [6.45, 7) is 7.29. The van der Waals surface area contributed by atoms with Crippen molar-refractivity contribution in [1.82, 2.24) is 0 Å². The van der Waals surface area contributed by atoms with Crippen LogP contribution in [0.1, 0.15) is 39.5 Å². The molecule has 0 saturated carbocycles. The molecule has 0 heterocycles. The molecular weight excluding hydrogens is 148 g/mol. The molecule has 12 heavy (non-hydrogen) atoms. The molecular formula is C11H20O. The van der Waals surface area contributed by atoms with E-state index in [1.54, 1.807) is 0 Å². The summed E-state index contributed by atoms with van der Waals surface area (Å²) in [6.07, 6.45) is 10.2. The van der Waals surface area contributed by atoms with Gasteiger partial charge in [0.15, 0.2) is 0 Å². The summed E-state index contributed by atoms with van der Waals surface area (Å²) in [4.78, 5) is 0. The zero-order valence-corrected chi connectivity index (χ0v) is 8.21. The van der Waals surface area contributed by atoms with Gasteiger partial charge in [-0.1, -0.05) is 18.2 Å². The first-order valence-electron chi connectivity index (χ1n) is 4.54. The van der Waals surface area contributed by atoms with Gasteiger partial charge in [-0.25, -0.2) is 0 Å². The minimum absolute atomic E-state index is 0.561. The van der Waals surface area contributed by atoms with Crippen LogP contribution in [-0.4, -0.2) is 10.7 Å². The van der Waals surface area contributed by atoms with Crippen LogP contribution < -0.4 is 0 Å². The van der Waals surface area contributed by atoms with Gasteiger partial charge in [0.25, 0.3) is 0 Å². The molecule has 1 nitrogen and oxygen atoms in total. The Morgan fingerprint density at radius 1 is 1.25 bits per heavy atom. The van der Waals surface area contributed by atoms with Crippen molar-refractivity contribution in [3.05, 3.63) is 24.8 Å². The lowest BCUT2D eigenvalue weighted by atomic mass is 10.1. The van der Waals surface area contributed by atoms with Crippen molar-refractivity contribution in [2.45, 2.75) is 45.1 Å². The van der Waals surface area contributed by atoms with Crippen molar-refractivity contribution in [3.63, 3.8) is 0 Å². The Hall–Kier alpha value is -0.560. The third-order valence-electron chi connectivity index (χ3n) is 1.56. The molecule has 0 saturated heterocycles. The van der Waals surface area contributed by atoms with Gasteiger partial charge in [0.2, 0.25) is 0 Å². The fraction of sp³-hybridized carbons (Fsp3) is 0.636. The van der Waals surface area contributed by atoms with Crippen molar-refractivity contribution in [1.29, 1.82) is 0 Å². The van der Waals surface area contributed by atoms with Crippen molar-refractivity contribution in [2.75, 3.05) is 0 Å². The van der Waals surface area contributed by atoms with Gasteiger partial charge in [0, 0.05) is 0 Å². The van der Waals surface area contributed by atoms with Crippen LogP contribution in [0.15, 0.2) is 24.8 Å². The summed E-state index contributed by atoms with van der Waals surface area (Å²) in [7, 11) is 0. The van der Waals surface area contributed by atoms with E-state index in [0.29, 0.717) is 0 Å². The Kier molecular flexibility index (Phi) is 5.73. The number of hydrogen-bond donors (Lipinski definition) is 1. The van der Waals surface area contributed by atoms with Crippen LogP contribution in [0.4, 0.5) is 0 Å². The van der Waals surface area contributed by atoms with E-state index >= 15 is 0 Å². The summed E-state index contributed by atoms with van der Waals surface area (Å²) in [6, 6.07) is 0. The average Bonchev–Trinajstić information content (AvgIpc) is 1.94. The van der Waals surface area contributed by atoms with Gasteiger partial charge in [-0.3, -0.25) is 0 Å². The minimum atomic E-state index is -0.561. The molecule has 0 rings (SSSR count). The van der Waals surface area contributed by atoms with E-state index in [9.17, 15) is 5.11 Å². The first-order chi connectivity index (χ1) is 5.56. The van der Waals surface area contributed by atoms with Gasteiger partial charge in [-0.15, -0.1) is 6.58 Å². The maximum absolute atomic E-state index is 9.35. The Labute approximate surface area is 75.8 Å². The molecule has 1 N–H and O–H groups in total. The molecule has 0 amide bonds. The zero-order valence-electron chi connectivity index (χ0n) is 8.21. The predicted molar refractivity (Wildman–Crippen MR) is 54.1 cm³/mol. The fourth-order valence-electron chi connectivity index (χ4n) is 0.870.